The van der Waals surface area contributed by atoms with Crippen molar-refractivity contribution in [2.24, 2.45) is 0 Å². The summed E-state index contributed by atoms with van der Waals surface area (Å²) in [5, 5.41) is 20.7. The molecule has 0 radical (unpaired) electrons. The molecule has 1 fully saturated rings. The second kappa shape index (κ2) is 11.9. The molecule has 228 valence electrons. The highest BCUT2D eigenvalue weighted by Gasteiger charge is 2.46. The van der Waals surface area contributed by atoms with Crippen molar-refractivity contribution in [1.82, 2.24) is 14.1 Å². The van der Waals surface area contributed by atoms with Gasteiger partial charge in [-0.25, -0.2) is 13.9 Å². The molecule has 0 amide bonds. The monoisotopic (exact) mass is 639 g/mol. The molecular formula is C22H22F3N3O12P2. The third-order valence-electron chi connectivity index (χ3n) is 6.00. The van der Waals surface area contributed by atoms with Crippen molar-refractivity contribution in [3.8, 4) is 11.1 Å². The molecule has 2 unspecified atom stereocenters. The molecule has 5 atom stereocenters. The molecule has 0 spiro atoms. The Balaban J connectivity index is 1.54. The standard InChI is InChI=1S/C22H22F3N3O12P2/c23-22(24,25)14-3-1-12(2-4-14)13-5-7-26-15(9-13)10-28-17(29)6-8-27(21(28)32)20-19(31)18(30)16(39-20)11-38-42(36,37)40-41(33,34)35/h1-9,16,18-20,30-31H,10-11H2,(H,36,37)(H2,33,34,35)/t16-,18+,19?,20-/m1/s1. The summed E-state index contributed by atoms with van der Waals surface area (Å²) in [6.07, 6.45) is -9.10. The van der Waals surface area contributed by atoms with Crippen LogP contribution in [0.1, 0.15) is 17.5 Å². The smallest absolute Gasteiger partial charge is 0.387 e. The van der Waals surface area contributed by atoms with Gasteiger partial charge in [-0.15, -0.1) is 0 Å². The molecule has 0 saturated carbocycles. The van der Waals surface area contributed by atoms with Gasteiger partial charge >= 0.3 is 27.5 Å². The Morgan fingerprint density at radius 3 is 2.26 bits per heavy atom. The van der Waals surface area contributed by atoms with Crippen LogP contribution in [0.4, 0.5) is 13.2 Å². The average Bonchev–Trinajstić information content (AvgIpc) is 3.17. The van der Waals surface area contributed by atoms with Gasteiger partial charge in [0.05, 0.1) is 24.4 Å². The molecule has 0 bridgehead atoms. The van der Waals surface area contributed by atoms with E-state index in [9.17, 15) is 47.0 Å². The van der Waals surface area contributed by atoms with E-state index in [2.05, 4.69) is 13.8 Å². The number of alkyl halides is 3. The number of benzene rings is 1. The van der Waals surface area contributed by atoms with Gasteiger partial charge < -0.3 is 29.6 Å². The van der Waals surface area contributed by atoms with Crippen molar-refractivity contribution >= 4 is 15.6 Å². The van der Waals surface area contributed by atoms with Crippen LogP contribution in [0.3, 0.4) is 0 Å². The fourth-order valence-corrected chi connectivity index (χ4v) is 5.65. The van der Waals surface area contributed by atoms with E-state index in [1.165, 1.54) is 30.5 Å². The number of aliphatic hydroxyl groups excluding tert-OH is 2. The summed E-state index contributed by atoms with van der Waals surface area (Å²) in [6, 6.07) is 8.23. The van der Waals surface area contributed by atoms with Crippen molar-refractivity contribution in [3.63, 3.8) is 0 Å². The zero-order chi connectivity index (χ0) is 31.0. The van der Waals surface area contributed by atoms with Crippen LogP contribution in [-0.2, 0) is 35.4 Å². The topological polar surface area (TPSA) is 220 Å². The van der Waals surface area contributed by atoms with E-state index in [0.29, 0.717) is 15.7 Å². The number of halogens is 3. The molecule has 3 aromatic rings. The van der Waals surface area contributed by atoms with Crippen molar-refractivity contribution in [2.45, 2.75) is 37.3 Å². The van der Waals surface area contributed by atoms with Gasteiger partial charge in [0.15, 0.2) is 6.23 Å². The number of pyridine rings is 1. The lowest BCUT2D eigenvalue weighted by Gasteiger charge is -2.19. The van der Waals surface area contributed by atoms with Crippen molar-refractivity contribution in [1.29, 1.82) is 0 Å². The van der Waals surface area contributed by atoms with Gasteiger partial charge in [0.25, 0.3) is 5.56 Å². The van der Waals surface area contributed by atoms with Crippen LogP contribution < -0.4 is 11.2 Å². The molecule has 3 heterocycles. The highest BCUT2D eigenvalue weighted by molar-refractivity contribution is 7.60. The lowest BCUT2D eigenvalue weighted by atomic mass is 10.0. The second-order valence-corrected chi connectivity index (χ2v) is 11.8. The van der Waals surface area contributed by atoms with E-state index in [-0.39, 0.29) is 5.69 Å². The summed E-state index contributed by atoms with van der Waals surface area (Å²) in [4.78, 5) is 56.6. The van der Waals surface area contributed by atoms with Gasteiger partial charge in [-0.1, -0.05) is 12.1 Å². The van der Waals surface area contributed by atoms with Crippen LogP contribution in [0, 0.1) is 0 Å². The highest BCUT2D eigenvalue weighted by Crippen LogP contribution is 2.57. The molecule has 0 aliphatic carbocycles. The summed E-state index contributed by atoms with van der Waals surface area (Å²) in [5.74, 6) is 0. The third kappa shape index (κ3) is 7.48. The van der Waals surface area contributed by atoms with E-state index in [0.717, 1.165) is 29.0 Å². The molecule has 1 aliphatic rings. The SMILES string of the molecule is O=c1ccn([C@@H]2O[C@H](COP(=O)(O)OP(=O)(O)O)[C@H](O)C2O)c(=O)n1Cc1cc(-c2ccc(C(F)(F)F)cc2)ccn1. The van der Waals surface area contributed by atoms with Crippen molar-refractivity contribution in [2.75, 3.05) is 6.61 Å². The molecule has 1 aromatic carbocycles. The van der Waals surface area contributed by atoms with Gasteiger partial charge in [0.2, 0.25) is 0 Å². The fraction of sp³-hybridized carbons (Fsp3) is 0.318. The quantitative estimate of drug-likeness (QED) is 0.207. The number of hydrogen-bond acceptors (Lipinski definition) is 10. The Morgan fingerprint density at radius 1 is 0.976 bits per heavy atom. The minimum Gasteiger partial charge on any atom is -0.387 e. The van der Waals surface area contributed by atoms with Crippen LogP contribution >= 0.6 is 15.6 Å². The number of hydrogen-bond donors (Lipinski definition) is 5. The predicted octanol–water partition coefficient (Wildman–Crippen LogP) is 0.985. The normalized spacial score (nSPS) is 22.7. The van der Waals surface area contributed by atoms with E-state index < -0.39 is 76.3 Å². The van der Waals surface area contributed by atoms with Gasteiger partial charge in [-0.05, 0) is 35.4 Å². The number of rotatable bonds is 9. The number of nitrogens with zero attached hydrogens (tertiary/aromatic N) is 3. The lowest BCUT2D eigenvalue weighted by Crippen LogP contribution is -2.43. The van der Waals surface area contributed by atoms with Crippen LogP contribution in [0.5, 0.6) is 0 Å². The Labute approximate surface area is 232 Å². The maximum absolute atomic E-state index is 13.2. The molecule has 1 saturated heterocycles. The molecule has 5 N–H and O–H groups in total. The number of phosphoric ester groups is 1. The van der Waals surface area contributed by atoms with Crippen molar-refractivity contribution in [3.05, 3.63) is 87.0 Å². The minimum atomic E-state index is -5.43. The first kappa shape index (κ1) is 31.9. The summed E-state index contributed by atoms with van der Waals surface area (Å²) in [7, 11) is -10.7. The Hall–Kier alpha value is -3.02. The summed E-state index contributed by atoms with van der Waals surface area (Å²) in [5.41, 5.74) is -1.63. The fourth-order valence-electron chi connectivity index (χ4n) is 4.05. The molecule has 20 heteroatoms. The summed E-state index contributed by atoms with van der Waals surface area (Å²) >= 11 is 0. The molecule has 15 nitrogen and oxygen atoms in total. The molecule has 1 aliphatic heterocycles. The largest absolute Gasteiger partial charge is 0.481 e. The van der Waals surface area contributed by atoms with Gasteiger partial charge in [-0.2, -0.15) is 17.5 Å². The number of aliphatic hydroxyl groups is 2. The third-order valence-corrected chi connectivity index (χ3v) is 8.15. The maximum Gasteiger partial charge on any atom is 0.481 e. The lowest BCUT2D eigenvalue weighted by molar-refractivity contribution is -0.137. The first-order valence-electron chi connectivity index (χ1n) is 11.7. The summed E-state index contributed by atoms with van der Waals surface area (Å²) in [6.45, 7) is -1.41. The summed E-state index contributed by atoms with van der Waals surface area (Å²) < 4.78 is 76.0. The zero-order valence-corrected chi connectivity index (χ0v) is 22.7. The van der Waals surface area contributed by atoms with E-state index in [1.807, 2.05) is 0 Å². The zero-order valence-electron chi connectivity index (χ0n) is 20.9. The molecule has 4 rings (SSSR count). The Morgan fingerprint density at radius 2 is 1.64 bits per heavy atom. The molecule has 42 heavy (non-hydrogen) atoms. The van der Waals surface area contributed by atoms with Crippen LogP contribution in [0.2, 0.25) is 0 Å². The van der Waals surface area contributed by atoms with Crippen molar-refractivity contribution < 1.29 is 60.8 Å². The van der Waals surface area contributed by atoms with Gasteiger partial charge in [-0.3, -0.25) is 23.4 Å². The number of phosphoric acid groups is 2. The number of aromatic nitrogens is 3. The minimum absolute atomic E-state index is 0.173. The molecule has 2 aromatic heterocycles. The van der Waals surface area contributed by atoms with Crippen LogP contribution in [0.25, 0.3) is 11.1 Å². The van der Waals surface area contributed by atoms with E-state index in [4.69, 9.17) is 14.5 Å². The van der Waals surface area contributed by atoms with Crippen LogP contribution in [0.15, 0.2) is 64.4 Å². The number of ether oxygens (including phenoxy) is 1. The Kier molecular flexibility index (Phi) is 9.06. The Bertz CT molecular complexity index is 1660. The van der Waals surface area contributed by atoms with Gasteiger partial charge in [0, 0.05) is 18.5 Å². The highest BCUT2D eigenvalue weighted by atomic mass is 31.3. The van der Waals surface area contributed by atoms with E-state index >= 15 is 0 Å². The van der Waals surface area contributed by atoms with Gasteiger partial charge in [0.1, 0.15) is 18.3 Å². The molecular weight excluding hydrogens is 617 g/mol. The first-order valence-corrected chi connectivity index (χ1v) is 14.7. The van der Waals surface area contributed by atoms with Crippen LogP contribution in [-0.4, -0.2) is 63.9 Å². The maximum atomic E-state index is 13.2. The average molecular weight is 639 g/mol. The second-order valence-electron chi connectivity index (χ2n) is 8.92. The van der Waals surface area contributed by atoms with E-state index in [1.54, 1.807) is 0 Å². The predicted molar refractivity (Wildman–Crippen MR) is 134 cm³/mol. The first-order chi connectivity index (χ1) is 19.4.